The van der Waals surface area contributed by atoms with Gasteiger partial charge < -0.3 is 16.8 Å². The van der Waals surface area contributed by atoms with Crippen LogP contribution in [0.4, 0.5) is 0 Å². The molecule has 0 saturated carbocycles. The molecular formula is C9H19N3O2. The number of hydrogen-bond donors (Lipinski definition) is 3. The van der Waals surface area contributed by atoms with Gasteiger partial charge in [-0.1, -0.05) is 6.92 Å². The average Bonchev–Trinajstić information content (AvgIpc) is 2.22. The summed E-state index contributed by atoms with van der Waals surface area (Å²) >= 11 is 0. The number of ketones is 1. The van der Waals surface area contributed by atoms with Gasteiger partial charge in [-0.05, 0) is 12.8 Å². The number of amides is 1. The summed E-state index contributed by atoms with van der Waals surface area (Å²) in [5.74, 6) is -0.115. The Morgan fingerprint density at radius 1 is 1.43 bits per heavy atom. The number of rotatable bonds is 7. The maximum Gasteiger partial charge on any atom is 0.233 e. The molecule has 1 amide bonds. The van der Waals surface area contributed by atoms with Crippen LogP contribution in [0.1, 0.15) is 26.2 Å². The monoisotopic (exact) mass is 201 g/mol. The summed E-state index contributed by atoms with van der Waals surface area (Å²) in [6, 6.07) is -0.394. The van der Waals surface area contributed by atoms with E-state index in [2.05, 4.69) is 5.32 Å². The molecule has 1 unspecified atom stereocenters. The van der Waals surface area contributed by atoms with Gasteiger partial charge in [0.2, 0.25) is 5.91 Å². The quantitative estimate of drug-likeness (QED) is 0.467. The van der Waals surface area contributed by atoms with Crippen molar-refractivity contribution >= 4 is 11.7 Å². The predicted molar refractivity (Wildman–Crippen MR) is 54.6 cm³/mol. The Labute approximate surface area is 84.2 Å². The van der Waals surface area contributed by atoms with Crippen LogP contribution in [0.5, 0.6) is 0 Å². The molecule has 5 N–H and O–H groups in total. The van der Waals surface area contributed by atoms with Crippen molar-refractivity contribution in [1.82, 2.24) is 5.32 Å². The van der Waals surface area contributed by atoms with Gasteiger partial charge in [0.1, 0.15) is 5.78 Å². The van der Waals surface area contributed by atoms with Crippen molar-refractivity contribution in [2.75, 3.05) is 13.1 Å². The second-order valence-corrected chi connectivity index (χ2v) is 3.12. The Morgan fingerprint density at radius 2 is 2.07 bits per heavy atom. The van der Waals surface area contributed by atoms with Crippen LogP contribution in [0.2, 0.25) is 0 Å². The summed E-state index contributed by atoms with van der Waals surface area (Å²) in [5, 5.41) is 2.61. The first-order valence-corrected chi connectivity index (χ1v) is 4.86. The molecule has 5 nitrogen and oxygen atoms in total. The van der Waals surface area contributed by atoms with E-state index in [4.69, 9.17) is 11.5 Å². The highest BCUT2D eigenvalue weighted by Gasteiger charge is 2.10. The summed E-state index contributed by atoms with van der Waals surface area (Å²) in [5.41, 5.74) is 10.7. The van der Waals surface area contributed by atoms with Crippen LogP contribution >= 0.6 is 0 Å². The molecule has 0 aromatic rings. The van der Waals surface area contributed by atoms with Crippen LogP contribution < -0.4 is 16.8 Å². The first-order valence-electron chi connectivity index (χ1n) is 4.86. The third kappa shape index (κ3) is 5.66. The van der Waals surface area contributed by atoms with Crippen LogP contribution in [0.25, 0.3) is 0 Å². The lowest BCUT2D eigenvalue weighted by molar-refractivity contribution is -0.120. The Balaban J connectivity index is 3.45. The van der Waals surface area contributed by atoms with Crippen molar-refractivity contribution in [2.45, 2.75) is 32.2 Å². The third-order valence-corrected chi connectivity index (χ3v) is 1.96. The smallest absolute Gasteiger partial charge is 0.233 e. The zero-order valence-corrected chi connectivity index (χ0v) is 8.58. The molecule has 0 fully saturated rings. The fraction of sp³-hybridized carbons (Fsp3) is 0.778. The standard InChI is InChI=1S/C9H19N3O2/c1-2-8(13)7(11)4-3-5-12-9(14)6-10/h7H,2-6,10-11H2,1H3,(H,12,14). The lowest BCUT2D eigenvalue weighted by Crippen LogP contribution is -2.33. The van der Waals surface area contributed by atoms with Crippen LogP contribution in [0.3, 0.4) is 0 Å². The van der Waals surface area contributed by atoms with E-state index >= 15 is 0 Å². The summed E-state index contributed by atoms with van der Waals surface area (Å²) in [6.45, 7) is 2.32. The zero-order chi connectivity index (χ0) is 11.0. The molecule has 0 aliphatic heterocycles. The SMILES string of the molecule is CCC(=O)C(N)CCCNC(=O)CN. The third-order valence-electron chi connectivity index (χ3n) is 1.96. The highest BCUT2D eigenvalue weighted by Crippen LogP contribution is 1.97. The van der Waals surface area contributed by atoms with Crippen LogP contribution in [0, 0.1) is 0 Å². The number of nitrogens with two attached hydrogens (primary N) is 2. The molecule has 0 rings (SSSR count). The Hall–Kier alpha value is -0.940. The molecule has 5 heteroatoms. The summed E-state index contributed by atoms with van der Waals surface area (Å²) in [4.78, 5) is 21.8. The fourth-order valence-corrected chi connectivity index (χ4v) is 1.05. The molecule has 0 aliphatic carbocycles. The van der Waals surface area contributed by atoms with Gasteiger partial charge in [-0.25, -0.2) is 0 Å². The molecule has 0 saturated heterocycles. The van der Waals surface area contributed by atoms with Crippen molar-refractivity contribution in [3.05, 3.63) is 0 Å². The van der Waals surface area contributed by atoms with Gasteiger partial charge >= 0.3 is 0 Å². The highest BCUT2D eigenvalue weighted by molar-refractivity contribution is 5.83. The first kappa shape index (κ1) is 13.1. The first-order chi connectivity index (χ1) is 6.61. The number of nitrogens with one attached hydrogen (secondary N) is 1. The van der Waals surface area contributed by atoms with Crippen LogP contribution in [-0.4, -0.2) is 30.8 Å². The van der Waals surface area contributed by atoms with E-state index < -0.39 is 6.04 Å². The van der Waals surface area contributed by atoms with Gasteiger partial charge in [0.05, 0.1) is 12.6 Å². The van der Waals surface area contributed by atoms with E-state index in [-0.39, 0.29) is 18.2 Å². The molecular weight excluding hydrogens is 182 g/mol. The van der Waals surface area contributed by atoms with Gasteiger partial charge in [0, 0.05) is 13.0 Å². The van der Waals surface area contributed by atoms with E-state index in [1.165, 1.54) is 0 Å². The molecule has 0 aromatic heterocycles. The minimum atomic E-state index is -0.394. The van der Waals surface area contributed by atoms with Gasteiger partial charge in [-0.15, -0.1) is 0 Å². The van der Waals surface area contributed by atoms with Crippen molar-refractivity contribution < 1.29 is 9.59 Å². The summed E-state index contributed by atoms with van der Waals surface area (Å²) in [7, 11) is 0. The fourth-order valence-electron chi connectivity index (χ4n) is 1.05. The van der Waals surface area contributed by atoms with Crippen molar-refractivity contribution in [2.24, 2.45) is 11.5 Å². The van der Waals surface area contributed by atoms with Crippen molar-refractivity contribution in [3.63, 3.8) is 0 Å². The Kier molecular flexibility index (Phi) is 6.96. The van der Waals surface area contributed by atoms with Crippen molar-refractivity contribution in [1.29, 1.82) is 0 Å². The largest absolute Gasteiger partial charge is 0.355 e. The molecule has 0 heterocycles. The Morgan fingerprint density at radius 3 is 2.57 bits per heavy atom. The molecule has 0 radical (unpaired) electrons. The van der Waals surface area contributed by atoms with Crippen LogP contribution in [-0.2, 0) is 9.59 Å². The minimum absolute atomic E-state index is 0.0000554. The van der Waals surface area contributed by atoms with E-state index in [0.717, 1.165) is 0 Å². The van der Waals surface area contributed by atoms with Gasteiger partial charge in [-0.3, -0.25) is 9.59 Å². The van der Waals surface area contributed by atoms with Crippen molar-refractivity contribution in [3.8, 4) is 0 Å². The van der Waals surface area contributed by atoms with Gasteiger partial charge in [0.25, 0.3) is 0 Å². The molecule has 0 bridgehead atoms. The number of Topliss-reactive ketones (excluding diaryl/α,β-unsaturated/α-hetero) is 1. The lowest BCUT2D eigenvalue weighted by Gasteiger charge is -2.09. The van der Waals surface area contributed by atoms with Gasteiger partial charge in [0.15, 0.2) is 0 Å². The zero-order valence-electron chi connectivity index (χ0n) is 8.58. The Bertz CT molecular complexity index is 194. The number of hydrogen-bond acceptors (Lipinski definition) is 4. The number of carbonyl (C=O) groups excluding carboxylic acids is 2. The van der Waals surface area contributed by atoms with E-state index in [1.54, 1.807) is 6.92 Å². The number of carbonyl (C=O) groups is 2. The maximum atomic E-state index is 11.1. The van der Waals surface area contributed by atoms with Crippen LogP contribution in [0.15, 0.2) is 0 Å². The minimum Gasteiger partial charge on any atom is -0.355 e. The van der Waals surface area contributed by atoms with Gasteiger partial charge in [-0.2, -0.15) is 0 Å². The molecule has 0 aliphatic rings. The van der Waals surface area contributed by atoms with E-state index in [9.17, 15) is 9.59 Å². The topological polar surface area (TPSA) is 98.2 Å². The van der Waals surface area contributed by atoms with E-state index in [1.807, 2.05) is 0 Å². The predicted octanol–water partition coefficient (Wildman–Crippen LogP) is -0.852. The molecule has 82 valence electrons. The summed E-state index contributed by atoms with van der Waals surface area (Å²) < 4.78 is 0. The molecule has 1 atom stereocenters. The highest BCUT2D eigenvalue weighted by atomic mass is 16.1. The second-order valence-electron chi connectivity index (χ2n) is 3.12. The lowest BCUT2D eigenvalue weighted by atomic mass is 10.1. The second kappa shape index (κ2) is 7.46. The van der Waals surface area contributed by atoms with E-state index in [0.29, 0.717) is 25.8 Å². The summed E-state index contributed by atoms with van der Waals surface area (Å²) in [6.07, 6.45) is 1.78. The normalized spacial score (nSPS) is 12.2. The molecule has 14 heavy (non-hydrogen) atoms. The average molecular weight is 201 g/mol. The molecule has 0 aromatic carbocycles. The maximum absolute atomic E-state index is 11.1. The molecule has 0 spiro atoms.